The van der Waals surface area contributed by atoms with Gasteiger partial charge in [0, 0.05) is 22.5 Å². The molecule has 7 heteroatoms. The van der Waals surface area contributed by atoms with Crippen molar-refractivity contribution in [2.24, 2.45) is 5.10 Å². The van der Waals surface area contributed by atoms with E-state index in [0.29, 0.717) is 11.5 Å². The minimum atomic E-state index is 0.696. The molecule has 0 bridgehead atoms. The molecular weight excluding hydrogens is 380 g/mol. The van der Waals surface area contributed by atoms with E-state index in [1.54, 1.807) is 0 Å². The number of H-pyrrole nitrogens is 2. The number of aromatic nitrogens is 4. The molecule has 0 aliphatic heterocycles. The summed E-state index contributed by atoms with van der Waals surface area (Å²) in [6, 6.07) is 16.2. The third-order valence-corrected chi connectivity index (χ3v) is 5.44. The lowest BCUT2D eigenvalue weighted by molar-refractivity contribution is 1.20. The number of hydrogen-bond donors (Lipinski definition) is 3. The molecule has 0 saturated heterocycles. The zero-order valence-electron chi connectivity index (χ0n) is 15.7. The van der Waals surface area contributed by atoms with Gasteiger partial charge in [0.05, 0.1) is 16.7 Å². The lowest BCUT2D eigenvalue weighted by Crippen LogP contribution is -2.03. The number of aromatic amines is 2. The number of allylic oxidation sites excluding steroid dienone is 1. The van der Waals surface area contributed by atoms with Crippen LogP contribution in [0.5, 0.6) is 0 Å². The maximum absolute atomic E-state index is 4.69. The summed E-state index contributed by atoms with van der Waals surface area (Å²) in [5.74, 6) is 0.699. The van der Waals surface area contributed by atoms with Crippen LogP contribution in [0.2, 0.25) is 0 Å². The monoisotopic (exact) mass is 398 g/mol. The van der Waals surface area contributed by atoms with Gasteiger partial charge in [-0.05, 0) is 42.8 Å². The number of nitrogens with zero attached hydrogens (tertiary/aromatic N) is 3. The number of para-hydroxylation sites is 2. The molecule has 5 rings (SSSR count). The molecule has 0 aliphatic carbocycles. The van der Waals surface area contributed by atoms with Crippen molar-refractivity contribution in [2.75, 3.05) is 5.43 Å². The van der Waals surface area contributed by atoms with E-state index >= 15 is 0 Å². The van der Waals surface area contributed by atoms with Gasteiger partial charge in [-0.25, -0.2) is 9.97 Å². The lowest BCUT2D eigenvalue weighted by atomic mass is 10.1. The first-order valence-corrected chi connectivity index (χ1v) is 10.1. The summed E-state index contributed by atoms with van der Waals surface area (Å²) >= 11 is 1.52. The molecular formula is C22H18N6S. The molecule has 0 spiro atoms. The van der Waals surface area contributed by atoms with Crippen LogP contribution < -0.4 is 5.43 Å². The van der Waals surface area contributed by atoms with Crippen molar-refractivity contribution in [3.05, 3.63) is 83.3 Å². The molecule has 29 heavy (non-hydrogen) atoms. The van der Waals surface area contributed by atoms with Crippen LogP contribution in [0.3, 0.4) is 0 Å². The zero-order valence-corrected chi connectivity index (χ0v) is 16.5. The molecule has 0 fully saturated rings. The zero-order chi connectivity index (χ0) is 19.6. The van der Waals surface area contributed by atoms with E-state index in [4.69, 9.17) is 4.98 Å². The molecule has 6 nitrogen and oxygen atoms in total. The van der Waals surface area contributed by atoms with Gasteiger partial charge < -0.3 is 9.97 Å². The quantitative estimate of drug-likeness (QED) is 0.276. The highest BCUT2D eigenvalue weighted by Gasteiger charge is 2.08. The maximum atomic E-state index is 4.69. The molecule has 142 valence electrons. The standard InChI is InChI=1S/C22H18N6S/c1-14-13-29-22(24-14)28-27-20(21-25-18-6-2-3-7-19(18)26-21)10-9-15-5-4-8-17-16(15)11-12-23-17/h2-13,23H,1H3,(H,24,28)(H,25,26)/b10-9+,27-20-. The average molecular weight is 398 g/mol. The summed E-state index contributed by atoms with van der Waals surface area (Å²) in [5, 5.41) is 8.48. The summed E-state index contributed by atoms with van der Waals surface area (Å²) in [4.78, 5) is 15.7. The van der Waals surface area contributed by atoms with E-state index in [9.17, 15) is 0 Å². The first-order chi connectivity index (χ1) is 14.3. The van der Waals surface area contributed by atoms with Crippen molar-refractivity contribution in [1.29, 1.82) is 0 Å². The lowest BCUT2D eigenvalue weighted by Gasteiger charge is -2.00. The van der Waals surface area contributed by atoms with Crippen molar-refractivity contribution < 1.29 is 0 Å². The summed E-state index contributed by atoms with van der Waals surface area (Å²) < 4.78 is 0. The normalized spacial score (nSPS) is 12.4. The predicted octanol–water partition coefficient (Wildman–Crippen LogP) is 5.34. The number of fused-ring (bicyclic) bond motifs is 2. The molecule has 0 atom stereocenters. The topological polar surface area (TPSA) is 81.8 Å². The van der Waals surface area contributed by atoms with Crippen LogP contribution in [-0.4, -0.2) is 25.6 Å². The Kier molecular flexibility index (Phi) is 4.42. The van der Waals surface area contributed by atoms with Crippen LogP contribution in [0.15, 0.2) is 71.3 Å². The van der Waals surface area contributed by atoms with Gasteiger partial charge in [-0.3, -0.25) is 5.43 Å². The highest BCUT2D eigenvalue weighted by molar-refractivity contribution is 7.13. The van der Waals surface area contributed by atoms with Crippen LogP contribution in [0.25, 0.3) is 28.0 Å². The number of imidazole rings is 1. The third kappa shape index (κ3) is 3.55. The minimum Gasteiger partial charge on any atom is -0.361 e. The highest BCUT2D eigenvalue weighted by Crippen LogP contribution is 2.20. The van der Waals surface area contributed by atoms with Gasteiger partial charge in [0.1, 0.15) is 5.71 Å². The Morgan fingerprint density at radius 1 is 1.07 bits per heavy atom. The van der Waals surface area contributed by atoms with Gasteiger partial charge in [-0.2, -0.15) is 5.10 Å². The fourth-order valence-corrected chi connectivity index (χ4v) is 3.81. The molecule has 0 radical (unpaired) electrons. The minimum absolute atomic E-state index is 0.696. The van der Waals surface area contributed by atoms with E-state index in [0.717, 1.165) is 38.3 Å². The first-order valence-electron chi connectivity index (χ1n) is 9.21. The Hall–Kier alpha value is -3.71. The molecule has 0 amide bonds. The number of rotatable bonds is 5. The Morgan fingerprint density at radius 3 is 2.83 bits per heavy atom. The molecule has 3 heterocycles. The second kappa shape index (κ2) is 7.37. The Bertz CT molecular complexity index is 1320. The fraction of sp³-hybridized carbons (Fsp3) is 0.0455. The second-order valence-electron chi connectivity index (χ2n) is 6.62. The number of anilines is 1. The number of nitrogens with one attached hydrogen (secondary N) is 3. The van der Waals surface area contributed by atoms with Crippen molar-refractivity contribution in [3.63, 3.8) is 0 Å². The molecule has 3 aromatic heterocycles. The fourth-order valence-electron chi connectivity index (χ4n) is 3.18. The summed E-state index contributed by atoms with van der Waals surface area (Å²) in [5.41, 5.74) is 8.81. The van der Waals surface area contributed by atoms with Crippen LogP contribution >= 0.6 is 11.3 Å². The number of hydrogen-bond acceptors (Lipinski definition) is 5. The van der Waals surface area contributed by atoms with Gasteiger partial charge in [0.15, 0.2) is 5.82 Å². The highest BCUT2D eigenvalue weighted by atomic mass is 32.1. The van der Waals surface area contributed by atoms with E-state index < -0.39 is 0 Å². The van der Waals surface area contributed by atoms with Crippen LogP contribution in [0.4, 0.5) is 5.13 Å². The van der Waals surface area contributed by atoms with E-state index in [1.165, 1.54) is 11.3 Å². The van der Waals surface area contributed by atoms with Gasteiger partial charge in [-0.1, -0.05) is 30.3 Å². The smallest absolute Gasteiger partial charge is 0.203 e. The summed E-state index contributed by atoms with van der Waals surface area (Å²) in [6.45, 7) is 1.96. The molecule has 0 saturated carbocycles. The molecule has 5 aromatic rings. The van der Waals surface area contributed by atoms with Crippen LogP contribution in [-0.2, 0) is 0 Å². The van der Waals surface area contributed by atoms with E-state index in [1.807, 2.05) is 54.9 Å². The Labute approximate surface area is 171 Å². The van der Waals surface area contributed by atoms with Gasteiger partial charge >= 0.3 is 0 Å². The summed E-state index contributed by atoms with van der Waals surface area (Å²) in [6.07, 6.45) is 5.96. The van der Waals surface area contributed by atoms with Crippen molar-refractivity contribution in [1.82, 2.24) is 19.9 Å². The molecule has 2 aromatic carbocycles. The number of benzene rings is 2. The molecule has 3 N–H and O–H groups in total. The maximum Gasteiger partial charge on any atom is 0.203 e. The van der Waals surface area contributed by atoms with Crippen molar-refractivity contribution >= 4 is 50.2 Å². The van der Waals surface area contributed by atoms with E-state index in [-0.39, 0.29) is 0 Å². The largest absolute Gasteiger partial charge is 0.361 e. The summed E-state index contributed by atoms with van der Waals surface area (Å²) in [7, 11) is 0. The average Bonchev–Trinajstić information content (AvgIpc) is 3.47. The van der Waals surface area contributed by atoms with Crippen molar-refractivity contribution in [3.8, 4) is 0 Å². The van der Waals surface area contributed by atoms with Gasteiger partial charge in [0.25, 0.3) is 0 Å². The Balaban J connectivity index is 1.54. The van der Waals surface area contributed by atoms with Gasteiger partial charge in [-0.15, -0.1) is 11.3 Å². The second-order valence-corrected chi connectivity index (χ2v) is 7.48. The molecule has 0 aliphatic rings. The Morgan fingerprint density at radius 2 is 1.97 bits per heavy atom. The molecule has 0 unspecified atom stereocenters. The third-order valence-electron chi connectivity index (χ3n) is 4.57. The van der Waals surface area contributed by atoms with Crippen molar-refractivity contribution in [2.45, 2.75) is 6.92 Å². The number of aryl methyl sites for hydroxylation is 1. The van der Waals surface area contributed by atoms with Crippen LogP contribution in [0, 0.1) is 6.92 Å². The predicted molar refractivity (Wildman–Crippen MR) is 120 cm³/mol. The SMILES string of the molecule is Cc1csc(N/N=C(/C=C/c2cccc3[nH]ccc23)c2nc3ccccc3[nH]2)n1. The van der Waals surface area contributed by atoms with Gasteiger partial charge in [0.2, 0.25) is 5.13 Å². The first kappa shape index (κ1) is 17.4. The number of thiazole rings is 1. The number of hydrazone groups is 1. The van der Waals surface area contributed by atoms with E-state index in [2.05, 4.69) is 49.8 Å². The van der Waals surface area contributed by atoms with Crippen LogP contribution in [0.1, 0.15) is 17.1 Å².